The van der Waals surface area contributed by atoms with Gasteiger partial charge in [0.2, 0.25) is 0 Å². The van der Waals surface area contributed by atoms with Crippen LogP contribution in [0.15, 0.2) is 0 Å². The van der Waals surface area contributed by atoms with Gasteiger partial charge in [-0.1, -0.05) is 0 Å². The number of rotatable bonds is 6. The summed E-state index contributed by atoms with van der Waals surface area (Å²) in [6.45, 7) is 1.87. The fourth-order valence-electron chi connectivity index (χ4n) is 0.675. The fourth-order valence-corrected chi connectivity index (χ4v) is 1.000. The van der Waals surface area contributed by atoms with Gasteiger partial charge in [0.15, 0.2) is 10.1 Å². The molecule has 14 heavy (non-hydrogen) atoms. The highest BCUT2D eigenvalue weighted by atomic mass is 32.1. The van der Waals surface area contributed by atoms with Crippen molar-refractivity contribution in [3.63, 3.8) is 0 Å². The zero-order chi connectivity index (χ0) is 11.1. The highest BCUT2D eigenvalue weighted by molar-refractivity contribution is 7.80. The topological polar surface area (TPSA) is 69.9 Å². The van der Waals surface area contributed by atoms with Gasteiger partial charge in [0.25, 0.3) is 0 Å². The largest absolute Gasteiger partial charge is 0.502 e. The Morgan fingerprint density at radius 2 is 1.93 bits per heavy atom. The minimum absolute atomic E-state index is 0.0120. The molecule has 0 aromatic rings. The molecule has 0 aliphatic heterocycles. The molecule has 0 bridgehead atoms. The van der Waals surface area contributed by atoms with Crippen LogP contribution in [0.1, 0.15) is 19.8 Å². The summed E-state index contributed by atoms with van der Waals surface area (Å²) in [5, 5.41) is 26.6. The summed E-state index contributed by atoms with van der Waals surface area (Å²) >= 11 is 9.11. The van der Waals surface area contributed by atoms with E-state index in [-0.39, 0.29) is 23.1 Å². The Hall–Kier alpha value is -0.300. The standard InChI is InChI=1S/C8H14O4S2/c1-5(9)2-3-12-8(14)6(10)4-7(11)13/h5-6,9-10H,2-4H2,1H3,(H,11,13). The second-order valence-corrected chi connectivity index (χ2v) is 3.79. The Morgan fingerprint density at radius 1 is 1.36 bits per heavy atom. The molecule has 4 nitrogen and oxygen atoms in total. The summed E-state index contributed by atoms with van der Waals surface area (Å²) in [6, 6.07) is 0. The lowest BCUT2D eigenvalue weighted by Crippen LogP contribution is -2.24. The summed E-state index contributed by atoms with van der Waals surface area (Å²) in [5.74, 6) is 0. The molecule has 0 aromatic carbocycles. The van der Waals surface area contributed by atoms with Gasteiger partial charge in [-0.2, -0.15) is 0 Å². The normalized spacial score (nSPS) is 14.5. The number of thiocarbonyl (C=S) groups is 2. The first-order valence-corrected chi connectivity index (χ1v) is 4.99. The SMILES string of the molecule is CC(O)CCOC(=S)C(O)CC(O)=S. The van der Waals surface area contributed by atoms with Gasteiger partial charge in [-0.05, 0) is 31.4 Å². The maximum atomic E-state index is 9.28. The number of aliphatic hydroxyl groups excluding tert-OH is 3. The van der Waals surface area contributed by atoms with Crippen LogP contribution in [-0.4, -0.2) is 44.2 Å². The summed E-state index contributed by atoms with van der Waals surface area (Å²) in [7, 11) is 0. The lowest BCUT2D eigenvalue weighted by Gasteiger charge is -2.12. The third-order valence-electron chi connectivity index (χ3n) is 1.42. The molecule has 0 aliphatic carbocycles. The van der Waals surface area contributed by atoms with E-state index < -0.39 is 12.2 Å². The van der Waals surface area contributed by atoms with Crippen LogP contribution in [-0.2, 0) is 4.74 Å². The summed E-state index contributed by atoms with van der Waals surface area (Å²) in [4.78, 5) is 0. The van der Waals surface area contributed by atoms with Crippen molar-refractivity contribution < 1.29 is 20.1 Å². The van der Waals surface area contributed by atoms with Crippen LogP contribution in [0.3, 0.4) is 0 Å². The molecule has 0 aromatic heterocycles. The van der Waals surface area contributed by atoms with Crippen LogP contribution in [0, 0.1) is 0 Å². The third kappa shape index (κ3) is 7.14. The zero-order valence-electron chi connectivity index (χ0n) is 7.84. The van der Waals surface area contributed by atoms with Gasteiger partial charge in [0.05, 0.1) is 12.7 Å². The molecular formula is C8H14O4S2. The van der Waals surface area contributed by atoms with Crippen molar-refractivity contribution in [3.05, 3.63) is 0 Å². The second kappa shape index (κ2) is 7.05. The first kappa shape index (κ1) is 13.7. The monoisotopic (exact) mass is 238 g/mol. The smallest absolute Gasteiger partial charge is 0.189 e. The molecule has 0 fully saturated rings. The van der Waals surface area contributed by atoms with Gasteiger partial charge in [0.1, 0.15) is 6.10 Å². The van der Waals surface area contributed by atoms with Crippen molar-refractivity contribution in [2.24, 2.45) is 0 Å². The van der Waals surface area contributed by atoms with E-state index in [9.17, 15) is 5.11 Å². The van der Waals surface area contributed by atoms with Gasteiger partial charge < -0.3 is 20.1 Å². The molecule has 0 saturated carbocycles. The molecule has 3 N–H and O–H groups in total. The molecule has 2 unspecified atom stereocenters. The summed E-state index contributed by atoms with van der Waals surface area (Å²) < 4.78 is 4.97. The molecule has 2 atom stereocenters. The van der Waals surface area contributed by atoms with Crippen molar-refractivity contribution in [1.82, 2.24) is 0 Å². The Labute approximate surface area is 93.5 Å². The Balaban J connectivity index is 3.67. The highest BCUT2D eigenvalue weighted by Crippen LogP contribution is 2.00. The van der Waals surface area contributed by atoms with Crippen LogP contribution in [0.25, 0.3) is 0 Å². The van der Waals surface area contributed by atoms with Gasteiger partial charge in [0, 0.05) is 12.8 Å². The molecular weight excluding hydrogens is 224 g/mol. The van der Waals surface area contributed by atoms with E-state index in [1.807, 2.05) is 0 Å². The minimum atomic E-state index is -1.06. The highest BCUT2D eigenvalue weighted by Gasteiger charge is 2.14. The first-order chi connectivity index (χ1) is 6.43. The van der Waals surface area contributed by atoms with Gasteiger partial charge in [-0.25, -0.2) is 0 Å². The molecule has 82 valence electrons. The van der Waals surface area contributed by atoms with E-state index in [2.05, 4.69) is 12.2 Å². The molecule has 0 amide bonds. The van der Waals surface area contributed by atoms with Crippen molar-refractivity contribution in [1.29, 1.82) is 0 Å². The van der Waals surface area contributed by atoms with E-state index in [0.717, 1.165) is 0 Å². The van der Waals surface area contributed by atoms with Crippen LogP contribution < -0.4 is 0 Å². The number of hydrogen-bond donors (Lipinski definition) is 3. The van der Waals surface area contributed by atoms with Gasteiger partial charge >= 0.3 is 0 Å². The Morgan fingerprint density at radius 3 is 2.36 bits per heavy atom. The fraction of sp³-hybridized carbons (Fsp3) is 0.750. The molecule has 0 aliphatic rings. The predicted molar refractivity (Wildman–Crippen MR) is 60.7 cm³/mol. The van der Waals surface area contributed by atoms with Crippen LogP contribution in [0.5, 0.6) is 0 Å². The van der Waals surface area contributed by atoms with E-state index in [0.29, 0.717) is 6.42 Å². The van der Waals surface area contributed by atoms with Crippen LogP contribution in [0.2, 0.25) is 0 Å². The van der Waals surface area contributed by atoms with E-state index >= 15 is 0 Å². The van der Waals surface area contributed by atoms with Crippen LogP contribution in [0.4, 0.5) is 0 Å². The summed E-state index contributed by atoms with van der Waals surface area (Å²) in [6.07, 6.45) is -1.18. The molecule has 0 rings (SSSR count). The van der Waals surface area contributed by atoms with Crippen molar-refractivity contribution in [3.8, 4) is 0 Å². The van der Waals surface area contributed by atoms with Crippen molar-refractivity contribution in [2.75, 3.05) is 6.61 Å². The molecule has 0 saturated heterocycles. The molecule has 0 spiro atoms. The maximum Gasteiger partial charge on any atom is 0.189 e. The molecule has 0 heterocycles. The zero-order valence-corrected chi connectivity index (χ0v) is 9.48. The van der Waals surface area contributed by atoms with Gasteiger partial charge in [-0.15, -0.1) is 0 Å². The Kier molecular flexibility index (Phi) is 6.90. The van der Waals surface area contributed by atoms with Gasteiger partial charge in [-0.3, -0.25) is 0 Å². The maximum absolute atomic E-state index is 9.28. The quantitative estimate of drug-likeness (QED) is 0.593. The van der Waals surface area contributed by atoms with E-state index in [1.54, 1.807) is 6.92 Å². The molecule has 0 radical (unpaired) electrons. The number of ether oxygens (including phenoxy) is 1. The average Bonchev–Trinajstić information content (AvgIpc) is 2.01. The second-order valence-electron chi connectivity index (χ2n) is 2.92. The van der Waals surface area contributed by atoms with E-state index in [1.165, 1.54) is 0 Å². The molecule has 6 heteroatoms. The third-order valence-corrected chi connectivity index (χ3v) is 1.98. The Bertz CT molecular complexity index is 206. The first-order valence-electron chi connectivity index (χ1n) is 4.18. The summed E-state index contributed by atoms with van der Waals surface area (Å²) in [5.41, 5.74) is 0. The van der Waals surface area contributed by atoms with E-state index in [4.69, 9.17) is 27.2 Å². The van der Waals surface area contributed by atoms with Crippen LogP contribution >= 0.6 is 24.4 Å². The average molecular weight is 238 g/mol. The predicted octanol–water partition coefficient (Wildman–Crippen LogP) is 0.738. The number of aliphatic hydroxyl groups is 3. The van der Waals surface area contributed by atoms with Crippen molar-refractivity contribution >= 4 is 34.5 Å². The minimum Gasteiger partial charge on any atom is -0.502 e. The van der Waals surface area contributed by atoms with Crippen molar-refractivity contribution in [2.45, 2.75) is 32.0 Å². The number of hydrogen-bond acceptors (Lipinski definition) is 5. The lowest BCUT2D eigenvalue weighted by molar-refractivity contribution is 0.140. The lowest BCUT2D eigenvalue weighted by atomic mass is 10.3.